The Bertz CT molecular complexity index is 585. The first-order chi connectivity index (χ1) is 9.69. The Balaban J connectivity index is 2.05. The van der Waals surface area contributed by atoms with Crippen LogP contribution in [0.25, 0.3) is 0 Å². The summed E-state index contributed by atoms with van der Waals surface area (Å²) in [7, 11) is 0. The first kappa shape index (κ1) is 14.8. The number of hydrogen-bond donors (Lipinski definition) is 1. The first-order valence-electron chi connectivity index (χ1n) is 6.27. The van der Waals surface area contributed by atoms with Crippen molar-refractivity contribution in [2.45, 2.75) is 12.8 Å². The van der Waals surface area contributed by atoms with Crippen LogP contribution in [-0.2, 0) is 6.42 Å². The lowest BCUT2D eigenvalue weighted by molar-refractivity contribution is 0.102. The SMILES string of the molecule is O=C(Nc1cccc(CCCCl)c1)c1ccc(Cl)cn1. The zero-order valence-electron chi connectivity index (χ0n) is 10.8. The summed E-state index contributed by atoms with van der Waals surface area (Å²) in [6, 6.07) is 10.9. The lowest BCUT2D eigenvalue weighted by Gasteiger charge is -2.07. The van der Waals surface area contributed by atoms with Crippen molar-refractivity contribution in [3.05, 3.63) is 58.9 Å². The highest BCUT2D eigenvalue weighted by atomic mass is 35.5. The van der Waals surface area contributed by atoms with E-state index in [1.165, 1.54) is 6.20 Å². The fourth-order valence-electron chi connectivity index (χ4n) is 1.78. The molecular formula is C15H14Cl2N2O. The predicted molar refractivity (Wildman–Crippen MR) is 82.7 cm³/mol. The van der Waals surface area contributed by atoms with Crippen molar-refractivity contribution in [2.75, 3.05) is 11.2 Å². The Morgan fingerprint density at radius 3 is 2.80 bits per heavy atom. The molecule has 2 rings (SSSR count). The molecule has 0 aliphatic heterocycles. The van der Waals surface area contributed by atoms with Crippen LogP contribution in [0.1, 0.15) is 22.5 Å². The van der Waals surface area contributed by atoms with Gasteiger partial charge in [0, 0.05) is 17.8 Å². The van der Waals surface area contributed by atoms with Crippen LogP contribution in [0.5, 0.6) is 0 Å². The fourth-order valence-corrected chi connectivity index (χ4v) is 2.03. The number of aryl methyl sites for hydroxylation is 1. The standard InChI is InChI=1S/C15H14Cl2N2O/c16-8-2-4-11-3-1-5-13(9-11)19-15(20)14-7-6-12(17)10-18-14/h1,3,5-7,9-10H,2,4,8H2,(H,19,20). The normalized spacial score (nSPS) is 10.3. The van der Waals surface area contributed by atoms with Gasteiger partial charge in [-0.15, -0.1) is 11.6 Å². The summed E-state index contributed by atoms with van der Waals surface area (Å²) in [4.78, 5) is 16.0. The maximum absolute atomic E-state index is 12.0. The third-order valence-corrected chi connectivity index (χ3v) is 3.23. The van der Waals surface area contributed by atoms with E-state index < -0.39 is 0 Å². The number of halogens is 2. The van der Waals surface area contributed by atoms with Crippen molar-refractivity contribution >= 4 is 34.8 Å². The smallest absolute Gasteiger partial charge is 0.274 e. The molecule has 1 aromatic heterocycles. The number of hydrogen-bond acceptors (Lipinski definition) is 2. The molecule has 104 valence electrons. The monoisotopic (exact) mass is 308 g/mol. The summed E-state index contributed by atoms with van der Waals surface area (Å²) >= 11 is 11.4. The number of alkyl halides is 1. The fraction of sp³-hybridized carbons (Fsp3) is 0.200. The van der Waals surface area contributed by atoms with Crippen LogP contribution >= 0.6 is 23.2 Å². The van der Waals surface area contributed by atoms with E-state index in [1.54, 1.807) is 12.1 Å². The number of aromatic nitrogens is 1. The second-order valence-corrected chi connectivity index (χ2v) is 5.12. The van der Waals surface area contributed by atoms with Crippen LogP contribution in [0.4, 0.5) is 5.69 Å². The maximum Gasteiger partial charge on any atom is 0.274 e. The Morgan fingerprint density at radius 1 is 1.25 bits per heavy atom. The van der Waals surface area contributed by atoms with Gasteiger partial charge in [0.25, 0.3) is 5.91 Å². The molecule has 0 aliphatic rings. The van der Waals surface area contributed by atoms with Crippen LogP contribution in [0.2, 0.25) is 5.02 Å². The van der Waals surface area contributed by atoms with Gasteiger partial charge in [-0.1, -0.05) is 23.7 Å². The molecule has 3 nitrogen and oxygen atoms in total. The summed E-state index contributed by atoms with van der Waals surface area (Å²) in [5.74, 6) is 0.377. The summed E-state index contributed by atoms with van der Waals surface area (Å²) < 4.78 is 0. The van der Waals surface area contributed by atoms with Gasteiger partial charge in [0.1, 0.15) is 5.69 Å². The summed E-state index contributed by atoms with van der Waals surface area (Å²) in [5, 5.41) is 3.32. The molecule has 0 radical (unpaired) electrons. The molecule has 0 unspecified atom stereocenters. The van der Waals surface area contributed by atoms with Gasteiger partial charge in [0.15, 0.2) is 0 Å². The van der Waals surface area contributed by atoms with E-state index >= 15 is 0 Å². The van der Waals surface area contributed by atoms with Crippen molar-refractivity contribution in [1.82, 2.24) is 4.98 Å². The molecule has 0 aliphatic carbocycles. The Morgan fingerprint density at radius 2 is 2.10 bits per heavy atom. The van der Waals surface area contributed by atoms with Crippen molar-refractivity contribution < 1.29 is 4.79 Å². The lowest BCUT2D eigenvalue weighted by Crippen LogP contribution is -2.13. The number of carbonyl (C=O) groups excluding carboxylic acids is 1. The number of anilines is 1. The third kappa shape index (κ3) is 4.22. The second-order valence-electron chi connectivity index (χ2n) is 4.31. The van der Waals surface area contributed by atoms with Crippen molar-refractivity contribution in [3.8, 4) is 0 Å². The number of pyridine rings is 1. The Labute approximate surface area is 127 Å². The van der Waals surface area contributed by atoms with Crippen molar-refractivity contribution in [3.63, 3.8) is 0 Å². The second kappa shape index (κ2) is 7.27. The molecule has 5 heteroatoms. The number of benzene rings is 1. The van der Waals surface area contributed by atoms with E-state index in [9.17, 15) is 4.79 Å². The van der Waals surface area contributed by atoms with Gasteiger partial charge in [-0.25, -0.2) is 4.98 Å². The molecular weight excluding hydrogens is 295 g/mol. The van der Waals surface area contributed by atoms with Gasteiger partial charge in [-0.3, -0.25) is 4.79 Å². The molecule has 0 atom stereocenters. The zero-order valence-corrected chi connectivity index (χ0v) is 12.3. The highest BCUT2D eigenvalue weighted by Crippen LogP contribution is 2.14. The molecule has 0 spiro atoms. The largest absolute Gasteiger partial charge is 0.321 e. The Kier molecular flexibility index (Phi) is 5.39. The van der Waals surface area contributed by atoms with Gasteiger partial charge < -0.3 is 5.32 Å². The van der Waals surface area contributed by atoms with Gasteiger partial charge >= 0.3 is 0 Å². The van der Waals surface area contributed by atoms with Gasteiger partial charge in [0.05, 0.1) is 5.02 Å². The van der Waals surface area contributed by atoms with E-state index in [1.807, 2.05) is 24.3 Å². The number of carbonyl (C=O) groups is 1. The topological polar surface area (TPSA) is 42.0 Å². The van der Waals surface area contributed by atoms with Crippen LogP contribution < -0.4 is 5.32 Å². The molecule has 1 heterocycles. The molecule has 0 bridgehead atoms. The van der Waals surface area contributed by atoms with Crippen molar-refractivity contribution in [2.24, 2.45) is 0 Å². The molecule has 0 saturated carbocycles. The van der Waals surface area contributed by atoms with Gasteiger partial charge in [-0.2, -0.15) is 0 Å². The number of amides is 1. The van der Waals surface area contributed by atoms with E-state index in [2.05, 4.69) is 10.3 Å². The van der Waals surface area contributed by atoms with Gasteiger partial charge in [0.2, 0.25) is 0 Å². The average molecular weight is 309 g/mol. The molecule has 1 amide bonds. The minimum Gasteiger partial charge on any atom is -0.321 e. The molecule has 0 saturated heterocycles. The van der Waals surface area contributed by atoms with E-state index in [0.29, 0.717) is 16.6 Å². The predicted octanol–water partition coefficient (Wildman–Crippen LogP) is 4.16. The van der Waals surface area contributed by atoms with Gasteiger partial charge in [-0.05, 0) is 42.7 Å². The van der Waals surface area contributed by atoms with Crippen LogP contribution in [0.15, 0.2) is 42.6 Å². The molecule has 20 heavy (non-hydrogen) atoms. The first-order valence-corrected chi connectivity index (χ1v) is 7.18. The number of nitrogens with zero attached hydrogens (tertiary/aromatic N) is 1. The van der Waals surface area contributed by atoms with Crippen LogP contribution in [0.3, 0.4) is 0 Å². The highest BCUT2D eigenvalue weighted by molar-refractivity contribution is 6.30. The highest BCUT2D eigenvalue weighted by Gasteiger charge is 2.07. The molecule has 0 fully saturated rings. The Hall–Kier alpha value is -1.58. The number of nitrogens with one attached hydrogen (secondary N) is 1. The van der Waals surface area contributed by atoms with E-state index in [4.69, 9.17) is 23.2 Å². The quantitative estimate of drug-likeness (QED) is 0.843. The van der Waals surface area contributed by atoms with E-state index in [-0.39, 0.29) is 5.91 Å². The summed E-state index contributed by atoms with van der Waals surface area (Å²) in [5.41, 5.74) is 2.23. The lowest BCUT2D eigenvalue weighted by atomic mass is 10.1. The molecule has 1 N–H and O–H groups in total. The zero-order chi connectivity index (χ0) is 14.4. The van der Waals surface area contributed by atoms with Crippen LogP contribution in [-0.4, -0.2) is 16.8 Å². The third-order valence-electron chi connectivity index (χ3n) is 2.74. The molecule has 1 aromatic carbocycles. The average Bonchev–Trinajstić information content (AvgIpc) is 2.46. The van der Waals surface area contributed by atoms with E-state index in [0.717, 1.165) is 24.1 Å². The molecule has 2 aromatic rings. The summed E-state index contributed by atoms with van der Waals surface area (Å²) in [6.45, 7) is 0. The maximum atomic E-state index is 12.0. The van der Waals surface area contributed by atoms with Crippen molar-refractivity contribution in [1.29, 1.82) is 0 Å². The minimum absolute atomic E-state index is 0.254. The van der Waals surface area contributed by atoms with Crippen LogP contribution in [0, 0.1) is 0 Å². The minimum atomic E-state index is -0.254. The summed E-state index contributed by atoms with van der Waals surface area (Å²) in [6.07, 6.45) is 3.26. The number of rotatable bonds is 5.